The Hall–Kier alpha value is -1.31. The minimum Gasteiger partial charge on any atom is -0.497 e. The molecule has 3 rings (SSSR count). The van der Waals surface area contributed by atoms with Crippen molar-refractivity contribution in [3.05, 3.63) is 23.8 Å². The summed E-state index contributed by atoms with van der Waals surface area (Å²) in [5.74, 6) is 0.988. The summed E-state index contributed by atoms with van der Waals surface area (Å²) in [7, 11) is 3.95. The van der Waals surface area contributed by atoms with Gasteiger partial charge in [0.2, 0.25) is 5.69 Å². The number of ether oxygens (including phenoxy) is 1. The Labute approximate surface area is 109 Å². The molecule has 0 aromatic heterocycles. The van der Waals surface area contributed by atoms with Crippen LogP contribution in [0, 0.1) is 0 Å². The van der Waals surface area contributed by atoms with Gasteiger partial charge in [0.25, 0.3) is 0 Å². The van der Waals surface area contributed by atoms with Crippen molar-refractivity contribution in [3.8, 4) is 5.75 Å². The standard InChI is InChI=1S/C16H22NO/c1-12-16(9-5-4-6-10-16)14-11-13(18-3)7-8-15(14)17(12)2/h7-8,11H,4-6,9-10H2,1-3H3/q+1. The van der Waals surface area contributed by atoms with E-state index in [1.165, 1.54) is 49.1 Å². The lowest BCUT2D eigenvalue weighted by Crippen LogP contribution is -2.35. The summed E-state index contributed by atoms with van der Waals surface area (Å²) in [6.07, 6.45) is 6.67. The third-order valence-corrected chi connectivity index (χ3v) is 4.98. The Morgan fingerprint density at radius 2 is 1.89 bits per heavy atom. The van der Waals surface area contributed by atoms with Crippen LogP contribution in [0.3, 0.4) is 0 Å². The molecular weight excluding hydrogens is 222 g/mol. The molecule has 1 spiro atoms. The van der Waals surface area contributed by atoms with Crippen molar-refractivity contribution < 1.29 is 9.31 Å². The molecule has 1 aliphatic heterocycles. The minimum absolute atomic E-state index is 0.289. The highest BCUT2D eigenvalue weighted by molar-refractivity contribution is 5.94. The van der Waals surface area contributed by atoms with Gasteiger partial charge in [0, 0.05) is 18.6 Å². The SMILES string of the molecule is COc1ccc2c(c1)C1(CCCCC1)C(C)=[N+]2C. The molecule has 0 saturated heterocycles. The first kappa shape index (κ1) is 11.8. The lowest BCUT2D eigenvalue weighted by molar-refractivity contribution is -0.403. The third kappa shape index (κ3) is 1.44. The highest BCUT2D eigenvalue weighted by Crippen LogP contribution is 2.49. The lowest BCUT2D eigenvalue weighted by Gasteiger charge is -2.31. The second-order valence-electron chi connectivity index (χ2n) is 5.67. The van der Waals surface area contributed by atoms with Gasteiger partial charge in [-0.3, -0.25) is 0 Å². The van der Waals surface area contributed by atoms with E-state index in [-0.39, 0.29) is 5.41 Å². The Morgan fingerprint density at radius 1 is 1.17 bits per heavy atom. The van der Waals surface area contributed by atoms with Crippen LogP contribution in [0.5, 0.6) is 5.75 Å². The molecule has 0 radical (unpaired) electrons. The van der Waals surface area contributed by atoms with Crippen molar-refractivity contribution >= 4 is 11.4 Å². The predicted molar refractivity (Wildman–Crippen MR) is 74.3 cm³/mol. The van der Waals surface area contributed by atoms with Crippen LogP contribution >= 0.6 is 0 Å². The molecule has 1 aromatic carbocycles. The molecular formula is C16H22NO+. The quantitative estimate of drug-likeness (QED) is 0.687. The van der Waals surface area contributed by atoms with Crippen LogP contribution in [0.4, 0.5) is 5.69 Å². The van der Waals surface area contributed by atoms with Crippen LogP contribution in [-0.2, 0) is 5.41 Å². The summed E-state index contributed by atoms with van der Waals surface area (Å²) < 4.78 is 7.79. The zero-order valence-corrected chi connectivity index (χ0v) is 11.6. The zero-order valence-electron chi connectivity index (χ0n) is 11.6. The van der Waals surface area contributed by atoms with Gasteiger partial charge in [0.05, 0.1) is 12.5 Å². The summed E-state index contributed by atoms with van der Waals surface area (Å²) in [5, 5.41) is 0. The topological polar surface area (TPSA) is 12.2 Å². The predicted octanol–water partition coefficient (Wildman–Crippen LogP) is 3.65. The number of hydrogen-bond acceptors (Lipinski definition) is 1. The first-order valence-corrected chi connectivity index (χ1v) is 6.95. The highest BCUT2D eigenvalue weighted by Gasteiger charge is 2.49. The Morgan fingerprint density at radius 3 is 2.56 bits per heavy atom. The molecule has 1 aliphatic carbocycles. The van der Waals surface area contributed by atoms with Crippen LogP contribution in [0.1, 0.15) is 44.6 Å². The van der Waals surface area contributed by atoms with Gasteiger partial charge >= 0.3 is 0 Å². The van der Waals surface area contributed by atoms with E-state index in [2.05, 4.69) is 36.7 Å². The van der Waals surface area contributed by atoms with Crippen molar-refractivity contribution in [2.24, 2.45) is 0 Å². The summed E-state index contributed by atoms with van der Waals surface area (Å²) in [6.45, 7) is 2.30. The molecule has 96 valence electrons. The van der Waals surface area contributed by atoms with E-state index >= 15 is 0 Å². The van der Waals surface area contributed by atoms with Gasteiger partial charge < -0.3 is 4.74 Å². The molecule has 1 fully saturated rings. The van der Waals surface area contributed by atoms with Gasteiger partial charge in [-0.15, -0.1) is 0 Å². The fourth-order valence-corrected chi connectivity index (χ4v) is 3.80. The second-order valence-corrected chi connectivity index (χ2v) is 5.67. The smallest absolute Gasteiger partial charge is 0.209 e. The number of hydrogen-bond donors (Lipinski definition) is 0. The van der Waals surface area contributed by atoms with E-state index in [0.717, 1.165) is 5.75 Å². The number of rotatable bonds is 1. The molecule has 1 saturated carbocycles. The molecule has 2 heteroatoms. The molecule has 2 nitrogen and oxygen atoms in total. The lowest BCUT2D eigenvalue weighted by atomic mass is 9.68. The summed E-state index contributed by atoms with van der Waals surface area (Å²) >= 11 is 0. The molecule has 18 heavy (non-hydrogen) atoms. The molecule has 0 atom stereocenters. The first-order valence-electron chi connectivity index (χ1n) is 6.95. The molecule has 0 amide bonds. The van der Waals surface area contributed by atoms with Gasteiger partial charge in [0.1, 0.15) is 12.8 Å². The van der Waals surface area contributed by atoms with Crippen LogP contribution < -0.4 is 4.74 Å². The van der Waals surface area contributed by atoms with E-state index in [1.54, 1.807) is 7.11 Å². The average molecular weight is 244 g/mol. The van der Waals surface area contributed by atoms with Crippen LogP contribution in [0.25, 0.3) is 0 Å². The maximum absolute atomic E-state index is 5.42. The number of methoxy groups -OCH3 is 1. The van der Waals surface area contributed by atoms with Gasteiger partial charge in [-0.05, 0) is 25.0 Å². The fourth-order valence-electron chi connectivity index (χ4n) is 3.80. The van der Waals surface area contributed by atoms with E-state index in [0.29, 0.717) is 0 Å². The fraction of sp³-hybridized carbons (Fsp3) is 0.562. The van der Waals surface area contributed by atoms with E-state index in [4.69, 9.17) is 4.74 Å². The number of fused-ring (bicyclic) bond motifs is 2. The van der Waals surface area contributed by atoms with Crippen molar-refractivity contribution in [3.63, 3.8) is 0 Å². The molecule has 1 heterocycles. The van der Waals surface area contributed by atoms with Gasteiger partial charge in [0.15, 0.2) is 5.71 Å². The van der Waals surface area contributed by atoms with Crippen molar-refractivity contribution in [1.82, 2.24) is 0 Å². The normalized spacial score (nSPS) is 21.3. The Bertz CT molecular complexity index is 510. The summed E-state index contributed by atoms with van der Waals surface area (Å²) in [4.78, 5) is 0. The summed E-state index contributed by atoms with van der Waals surface area (Å²) in [5.41, 5.74) is 4.67. The Balaban J connectivity index is 2.17. The van der Waals surface area contributed by atoms with E-state index < -0.39 is 0 Å². The van der Waals surface area contributed by atoms with Gasteiger partial charge in [-0.1, -0.05) is 19.3 Å². The third-order valence-electron chi connectivity index (χ3n) is 4.98. The maximum Gasteiger partial charge on any atom is 0.209 e. The number of nitrogens with zero attached hydrogens (tertiary/aromatic N) is 1. The Kier molecular flexibility index (Phi) is 2.69. The van der Waals surface area contributed by atoms with E-state index in [9.17, 15) is 0 Å². The molecule has 0 unspecified atom stereocenters. The van der Waals surface area contributed by atoms with Crippen molar-refractivity contribution in [2.45, 2.75) is 44.4 Å². The van der Waals surface area contributed by atoms with Gasteiger partial charge in [-0.25, -0.2) is 4.58 Å². The zero-order chi connectivity index (χ0) is 12.8. The first-order chi connectivity index (χ1) is 8.69. The highest BCUT2D eigenvalue weighted by atomic mass is 16.5. The van der Waals surface area contributed by atoms with Crippen molar-refractivity contribution in [2.75, 3.05) is 14.2 Å². The molecule has 0 N–H and O–H groups in total. The van der Waals surface area contributed by atoms with Crippen LogP contribution in [0.2, 0.25) is 0 Å². The second kappa shape index (κ2) is 4.11. The van der Waals surface area contributed by atoms with Crippen LogP contribution in [-0.4, -0.2) is 24.4 Å². The molecule has 2 aliphatic rings. The molecule has 1 aromatic rings. The monoisotopic (exact) mass is 244 g/mol. The molecule has 0 bridgehead atoms. The minimum atomic E-state index is 0.289. The van der Waals surface area contributed by atoms with E-state index in [1.807, 2.05) is 0 Å². The van der Waals surface area contributed by atoms with Gasteiger partial charge in [-0.2, -0.15) is 0 Å². The van der Waals surface area contributed by atoms with Crippen LogP contribution in [0.15, 0.2) is 18.2 Å². The number of benzene rings is 1. The van der Waals surface area contributed by atoms with Crippen molar-refractivity contribution in [1.29, 1.82) is 0 Å². The largest absolute Gasteiger partial charge is 0.497 e. The summed E-state index contributed by atoms with van der Waals surface area (Å²) in [6, 6.07) is 6.54. The average Bonchev–Trinajstić information content (AvgIpc) is 2.63. The maximum atomic E-state index is 5.42.